The zero-order chi connectivity index (χ0) is 36.5. The second-order valence-electron chi connectivity index (χ2n) is 12.6. The van der Waals surface area contributed by atoms with Crippen molar-refractivity contribution in [3.63, 3.8) is 0 Å². The van der Waals surface area contributed by atoms with E-state index in [1.165, 1.54) is 0 Å². The number of hydrogen-bond acceptors (Lipinski definition) is 7. The first-order chi connectivity index (χ1) is 25.2. The van der Waals surface area contributed by atoms with Crippen molar-refractivity contribution in [1.29, 1.82) is 0 Å². The van der Waals surface area contributed by atoms with Crippen molar-refractivity contribution in [2.45, 2.75) is 27.0 Å². The van der Waals surface area contributed by atoms with E-state index in [2.05, 4.69) is 9.88 Å². The molecule has 2 heterocycles. The molecule has 1 amide bonds. The number of ketones is 1. The zero-order valence-electron chi connectivity index (χ0n) is 29.1. The van der Waals surface area contributed by atoms with Gasteiger partial charge in [-0.05, 0) is 73.0 Å². The third kappa shape index (κ3) is 10.0. The maximum atomic E-state index is 13.0. The predicted molar refractivity (Wildman–Crippen MR) is 205 cm³/mol. The number of carbonyl (C=O) groups is 2. The number of rotatable bonds is 13. The van der Waals surface area contributed by atoms with Gasteiger partial charge in [-0.25, -0.2) is 4.98 Å². The van der Waals surface area contributed by atoms with Crippen LogP contribution in [-0.4, -0.2) is 59.3 Å². The van der Waals surface area contributed by atoms with Crippen molar-refractivity contribution in [2.75, 3.05) is 32.8 Å². The van der Waals surface area contributed by atoms with Crippen LogP contribution in [0.25, 0.3) is 6.08 Å². The second kappa shape index (κ2) is 17.4. The summed E-state index contributed by atoms with van der Waals surface area (Å²) < 4.78 is 17.5. The van der Waals surface area contributed by atoms with Crippen molar-refractivity contribution in [1.82, 2.24) is 14.8 Å². The van der Waals surface area contributed by atoms with E-state index >= 15 is 0 Å². The fourth-order valence-corrected chi connectivity index (χ4v) is 6.20. The minimum absolute atomic E-state index is 0.00406. The molecule has 0 spiro atoms. The summed E-state index contributed by atoms with van der Waals surface area (Å²) in [7, 11) is 0. The Morgan fingerprint density at radius 2 is 1.54 bits per heavy atom. The van der Waals surface area contributed by atoms with Gasteiger partial charge in [0.2, 0.25) is 11.8 Å². The number of aromatic nitrogens is 1. The molecular formula is C42H39Cl2N3O5. The largest absolute Gasteiger partial charge is 0.487 e. The standard InChI is InChI=1S/C42H39Cl2N3O5/c1-29-7-14-35(15-8-29)51-28-39(48)33-12-9-31(10-13-33)26-46-19-21-47(22-20-46)41(49)18-11-32-23-30(2)42(38(44)24-32)52-40-17-16-36(25-45-40)50-27-34-5-3-4-6-37(34)43/h3-18,23-25H,19-22,26-28H2,1-2H3. The summed E-state index contributed by atoms with van der Waals surface area (Å²) in [5.74, 6) is 2.02. The lowest BCUT2D eigenvalue weighted by molar-refractivity contribution is -0.127. The van der Waals surface area contributed by atoms with E-state index in [1.807, 2.05) is 97.6 Å². The fraction of sp³-hybridized carbons (Fsp3) is 0.214. The highest BCUT2D eigenvalue weighted by molar-refractivity contribution is 6.32. The second-order valence-corrected chi connectivity index (χ2v) is 13.4. The molecule has 1 aromatic heterocycles. The highest BCUT2D eigenvalue weighted by Gasteiger charge is 2.20. The third-order valence-corrected chi connectivity index (χ3v) is 9.34. The Labute approximate surface area is 314 Å². The Morgan fingerprint density at radius 1 is 0.808 bits per heavy atom. The van der Waals surface area contributed by atoms with Gasteiger partial charge in [0.15, 0.2) is 18.1 Å². The molecule has 0 radical (unpaired) electrons. The van der Waals surface area contributed by atoms with Gasteiger partial charge < -0.3 is 19.1 Å². The first kappa shape index (κ1) is 36.6. The molecule has 5 aromatic rings. The van der Waals surface area contributed by atoms with E-state index < -0.39 is 0 Å². The van der Waals surface area contributed by atoms with E-state index in [4.69, 9.17) is 37.4 Å². The van der Waals surface area contributed by atoms with Crippen molar-refractivity contribution in [3.8, 4) is 23.1 Å². The topological polar surface area (TPSA) is 81.2 Å². The molecule has 1 aliphatic heterocycles. The van der Waals surface area contributed by atoms with Crippen molar-refractivity contribution in [2.24, 2.45) is 0 Å². The molecule has 0 atom stereocenters. The average Bonchev–Trinajstić information content (AvgIpc) is 3.16. The van der Waals surface area contributed by atoms with Crippen molar-refractivity contribution < 1.29 is 23.8 Å². The molecule has 10 heteroatoms. The minimum Gasteiger partial charge on any atom is -0.487 e. The molecule has 266 valence electrons. The smallest absolute Gasteiger partial charge is 0.246 e. The normalized spacial score (nSPS) is 13.3. The van der Waals surface area contributed by atoms with Gasteiger partial charge in [-0.15, -0.1) is 0 Å². The van der Waals surface area contributed by atoms with Gasteiger partial charge in [-0.2, -0.15) is 0 Å². The van der Waals surface area contributed by atoms with Crippen LogP contribution in [0, 0.1) is 13.8 Å². The zero-order valence-corrected chi connectivity index (χ0v) is 30.6. The van der Waals surface area contributed by atoms with Crippen LogP contribution in [0.1, 0.15) is 38.2 Å². The summed E-state index contributed by atoms with van der Waals surface area (Å²) >= 11 is 12.8. The number of Topliss-reactive ketones (excluding diaryl/α,β-unsaturated/α-hetero) is 1. The van der Waals surface area contributed by atoms with E-state index in [1.54, 1.807) is 36.5 Å². The molecule has 0 bridgehead atoms. The Bertz CT molecular complexity index is 2000. The molecular weight excluding hydrogens is 697 g/mol. The maximum absolute atomic E-state index is 13.0. The van der Waals surface area contributed by atoms with Gasteiger partial charge in [-0.1, -0.05) is 83.4 Å². The van der Waals surface area contributed by atoms with Gasteiger partial charge in [-0.3, -0.25) is 14.5 Å². The van der Waals surface area contributed by atoms with E-state index in [-0.39, 0.29) is 18.3 Å². The van der Waals surface area contributed by atoms with Crippen LogP contribution in [0.3, 0.4) is 0 Å². The lowest BCUT2D eigenvalue weighted by atomic mass is 10.1. The van der Waals surface area contributed by atoms with Crippen LogP contribution in [0.5, 0.6) is 23.1 Å². The minimum atomic E-state index is -0.0646. The number of carbonyl (C=O) groups excluding carboxylic acids is 2. The quantitative estimate of drug-likeness (QED) is 0.0882. The van der Waals surface area contributed by atoms with Gasteiger partial charge >= 0.3 is 0 Å². The van der Waals surface area contributed by atoms with Gasteiger partial charge in [0, 0.05) is 61.0 Å². The lowest BCUT2D eigenvalue weighted by Crippen LogP contribution is -2.47. The first-order valence-electron chi connectivity index (χ1n) is 17.0. The van der Waals surface area contributed by atoms with E-state index in [0.29, 0.717) is 58.4 Å². The molecule has 1 aliphatic rings. The summed E-state index contributed by atoms with van der Waals surface area (Å²) in [5.41, 5.74) is 5.36. The third-order valence-electron chi connectivity index (χ3n) is 8.69. The Hall–Kier alpha value is -5.15. The number of aryl methyl sites for hydroxylation is 2. The Kier molecular flexibility index (Phi) is 12.2. The number of nitrogens with zero attached hydrogens (tertiary/aromatic N) is 3. The number of benzene rings is 4. The number of piperazine rings is 1. The molecule has 52 heavy (non-hydrogen) atoms. The Balaban J connectivity index is 0.945. The maximum Gasteiger partial charge on any atom is 0.246 e. The summed E-state index contributed by atoms with van der Waals surface area (Å²) in [6.07, 6.45) is 4.95. The number of hydrogen-bond donors (Lipinski definition) is 0. The van der Waals surface area contributed by atoms with Crippen LogP contribution in [0.2, 0.25) is 10.0 Å². The van der Waals surface area contributed by atoms with Crippen LogP contribution < -0.4 is 14.2 Å². The van der Waals surface area contributed by atoms with Crippen LogP contribution in [0.15, 0.2) is 109 Å². The predicted octanol–water partition coefficient (Wildman–Crippen LogP) is 9.00. The lowest BCUT2D eigenvalue weighted by Gasteiger charge is -2.34. The molecule has 0 saturated carbocycles. The van der Waals surface area contributed by atoms with Gasteiger partial charge in [0.25, 0.3) is 0 Å². The monoisotopic (exact) mass is 735 g/mol. The summed E-state index contributed by atoms with van der Waals surface area (Å²) in [6.45, 7) is 7.73. The molecule has 4 aromatic carbocycles. The Morgan fingerprint density at radius 3 is 2.23 bits per heavy atom. The summed E-state index contributed by atoms with van der Waals surface area (Å²) in [4.78, 5) is 34.2. The van der Waals surface area contributed by atoms with Crippen LogP contribution in [0.4, 0.5) is 0 Å². The average molecular weight is 737 g/mol. The highest BCUT2D eigenvalue weighted by Crippen LogP contribution is 2.34. The molecule has 8 nitrogen and oxygen atoms in total. The number of ether oxygens (including phenoxy) is 3. The van der Waals surface area contributed by atoms with Crippen molar-refractivity contribution in [3.05, 3.63) is 153 Å². The molecule has 0 N–H and O–H groups in total. The highest BCUT2D eigenvalue weighted by atomic mass is 35.5. The molecule has 0 unspecified atom stereocenters. The summed E-state index contributed by atoms with van der Waals surface area (Å²) in [5, 5.41) is 1.06. The van der Waals surface area contributed by atoms with E-state index in [0.717, 1.165) is 47.5 Å². The molecule has 1 saturated heterocycles. The molecule has 6 rings (SSSR count). The SMILES string of the molecule is Cc1ccc(OCC(=O)c2ccc(CN3CCN(C(=O)C=Cc4cc(C)c(Oc5ccc(OCc6ccccc6Cl)cn5)c(Cl)c4)CC3)cc2)cc1. The number of halogens is 2. The van der Waals surface area contributed by atoms with Crippen molar-refractivity contribution >= 4 is 41.0 Å². The number of pyridine rings is 1. The summed E-state index contributed by atoms with van der Waals surface area (Å²) in [6, 6.07) is 30.0. The van der Waals surface area contributed by atoms with E-state index in [9.17, 15) is 9.59 Å². The van der Waals surface area contributed by atoms with Crippen LogP contribution in [-0.2, 0) is 17.9 Å². The van der Waals surface area contributed by atoms with Gasteiger partial charge in [0.1, 0.15) is 18.1 Å². The number of amides is 1. The first-order valence-corrected chi connectivity index (χ1v) is 17.8. The van der Waals surface area contributed by atoms with Gasteiger partial charge in [0.05, 0.1) is 11.2 Å². The molecule has 1 fully saturated rings. The molecule has 0 aliphatic carbocycles. The fourth-order valence-electron chi connectivity index (χ4n) is 5.70. The van der Waals surface area contributed by atoms with Crippen LogP contribution >= 0.6 is 23.2 Å².